The van der Waals surface area contributed by atoms with Gasteiger partial charge in [0.1, 0.15) is 5.75 Å². The molecule has 0 spiro atoms. The predicted octanol–water partition coefficient (Wildman–Crippen LogP) is 2.92. The molecule has 19 heavy (non-hydrogen) atoms. The maximum atomic E-state index is 5.69. The van der Waals surface area contributed by atoms with E-state index in [4.69, 9.17) is 4.74 Å². The van der Waals surface area contributed by atoms with Crippen LogP contribution in [-0.4, -0.2) is 23.1 Å². The zero-order valence-electron chi connectivity index (χ0n) is 11.2. The summed E-state index contributed by atoms with van der Waals surface area (Å²) in [5.74, 6) is 0.789. The van der Waals surface area contributed by atoms with Gasteiger partial charge >= 0.3 is 0 Å². The van der Waals surface area contributed by atoms with E-state index >= 15 is 0 Å². The van der Waals surface area contributed by atoms with Gasteiger partial charge in [-0.3, -0.25) is 9.97 Å². The van der Waals surface area contributed by atoms with Gasteiger partial charge in [0.2, 0.25) is 0 Å². The van der Waals surface area contributed by atoms with Crippen LogP contribution in [0.15, 0.2) is 42.9 Å². The Morgan fingerprint density at radius 1 is 1.26 bits per heavy atom. The average Bonchev–Trinajstić information content (AvgIpc) is 2.47. The number of pyridine rings is 2. The smallest absolute Gasteiger partial charge is 0.139 e. The second-order valence-electron chi connectivity index (χ2n) is 4.26. The molecule has 100 valence electrons. The van der Waals surface area contributed by atoms with Crippen LogP contribution in [-0.2, 0) is 6.42 Å². The summed E-state index contributed by atoms with van der Waals surface area (Å²) in [4.78, 5) is 8.42. The lowest BCUT2D eigenvalue weighted by molar-refractivity contribution is 0.319. The molecule has 0 atom stereocenters. The molecule has 0 saturated carbocycles. The lowest BCUT2D eigenvalue weighted by Crippen LogP contribution is -2.04. The maximum absolute atomic E-state index is 5.69. The number of aromatic nitrogens is 2. The van der Waals surface area contributed by atoms with E-state index in [1.165, 1.54) is 0 Å². The van der Waals surface area contributed by atoms with Crippen LogP contribution in [0.25, 0.3) is 0 Å². The summed E-state index contributed by atoms with van der Waals surface area (Å²) in [6.07, 6.45) is 7.22. The molecule has 4 heteroatoms. The minimum absolute atomic E-state index is 0.607. The molecule has 4 nitrogen and oxygen atoms in total. The van der Waals surface area contributed by atoms with Crippen LogP contribution in [0.1, 0.15) is 19.0 Å². The Morgan fingerprint density at radius 2 is 2.21 bits per heavy atom. The Labute approximate surface area is 113 Å². The molecule has 0 unspecified atom stereocenters. The molecule has 0 aliphatic carbocycles. The minimum atomic E-state index is 0.607. The average molecular weight is 257 g/mol. The number of hydrogen-bond acceptors (Lipinski definition) is 4. The van der Waals surface area contributed by atoms with Crippen molar-refractivity contribution in [2.24, 2.45) is 0 Å². The van der Waals surface area contributed by atoms with Gasteiger partial charge in [0.05, 0.1) is 24.7 Å². The standard InChI is InChI=1S/C15H19N3O/c1-2-7-17-14-10-15(12-16-11-14)19-9-6-13-5-3-4-8-18-13/h3-5,8,10-12,17H,2,6-7,9H2,1H3. The van der Waals surface area contributed by atoms with E-state index in [0.29, 0.717) is 6.61 Å². The number of nitrogens with one attached hydrogen (secondary N) is 1. The van der Waals surface area contributed by atoms with Crippen LogP contribution < -0.4 is 10.1 Å². The van der Waals surface area contributed by atoms with Crippen molar-refractivity contribution in [3.8, 4) is 5.75 Å². The summed E-state index contributed by atoms with van der Waals surface area (Å²) in [5.41, 5.74) is 2.04. The first-order valence-corrected chi connectivity index (χ1v) is 6.60. The van der Waals surface area contributed by atoms with Crippen LogP contribution in [0.5, 0.6) is 5.75 Å². The first-order valence-electron chi connectivity index (χ1n) is 6.60. The Balaban J connectivity index is 1.82. The lowest BCUT2D eigenvalue weighted by atomic mass is 10.3. The van der Waals surface area contributed by atoms with Crippen molar-refractivity contribution >= 4 is 5.69 Å². The SMILES string of the molecule is CCCNc1cncc(OCCc2ccccn2)c1. The second-order valence-corrected chi connectivity index (χ2v) is 4.26. The van der Waals surface area contributed by atoms with Gasteiger partial charge in [0.15, 0.2) is 0 Å². The molecule has 0 amide bonds. The van der Waals surface area contributed by atoms with Gasteiger partial charge in [-0.2, -0.15) is 0 Å². The Bertz CT molecular complexity index is 488. The minimum Gasteiger partial charge on any atom is -0.491 e. The summed E-state index contributed by atoms with van der Waals surface area (Å²) < 4.78 is 5.69. The van der Waals surface area contributed by atoms with Crippen molar-refractivity contribution in [2.75, 3.05) is 18.5 Å². The fraction of sp³-hybridized carbons (Fsp3) is 0.333. The van der Waals surface area contributed by atoms with Gasteiger partial charge in [0.25, 0.3) is 0 Å². The summed E-state index contributed by atoms with van der Waals surface area (Å²) in [5, 5.41) is 3.29. The Hall–Kier alpha value is -2.10. The van der Waals surface area contributed by atoms with Gasteiger partial charge < -0.3 is 10.1 Å². The molecular formula is C15H19N3O. The molecular weight excluding hydrogens is 238 g/mol. The van der Waals surface area contributed by atoms with Crippen molar-refractivity contribution in [3.05, 3.63) is 48.5 Å². The third-order valence-electron chi connectivity index (χ3n) is 2.65. The highest BCUT2D eigenvalue weighted by atomic mass is 16.5. The van der Waals surface area contributed by atoms with Crippen molar-refractivity contribution in [1.29, 1.82) is 0 Å². The highest BCUT2D eigenvalue weighted by Crippen LogP contribution is 2.15. The molecule has 2 heterocycles. The van der Waals surface area contributed by atoms with E-state index in [2.05, 4.69) is 22.2 Å². The molecule has 0 fully saturated rings. The van der Waals surface area contributed by atoms with Gasteiger partial charge in [-0.15, -0.1) is 0 Å². The molecule has 2 aromatic heterocycles. The molecule has 0 aromatic carbocycles. The highest BCUT2D eigenvalue weighted by Gasteiger charge is 1.98. The molecule has 2 aromatic rings. The first kappa shape index (κ1) is 13.3. The van der Waals surface area contributed by atoms with Crippen LogP contribution in [0.2, 0.25) is 0 Å². The third kappa shape index (κ3) is 4.58. The van der Waals surface area contributed by atoms with Crippen LogP contribution in [0.3, 0.4) is 0 Å². The number of nitrogens with zero attached hydrogens (tertiary/aromatic N) is 2. The van der Waals surface area contributed by atoms with Gasteiger partial charge in [-0.25, -0.2) is 0 Å². The molecule has 0 radical (unpaired) electrons. The van der Waals surface area contributed by atoms with Crippen LogP contribution in [0.4, 0.5) is 5.69 Å². The normalized spacial score (nSPS) is 10.2. The maximum Gasteiger partial charge on any atom is 0.139 e. The van der Waals surface area contributed by atoms with E-state index in [1.54, 1.807) is 18.6 Å². The highest BCUT2D eigenvalue weighted by molar-refractivity contribution is 5.45. The van der Waals surface area contributed by atoms with Crippen molar-refractivity contribution in [2.45, 2.75) is 19.8 Å². The van der Waals surface area contributed by atoms with Crippen LogP contribution >= 0.6 is 0 Å². The fourth-order valence-corrected chi connectivity index (χ4v) is 1.68. The Kier molecular flexibility index (Phi) is 5.17. The summed E-state index contributed by atoms with van der Waals surface area (Å²) >= 11 is 0. The van der Waals surface area contributed by atoms with Crippen molar-refractivity contribution < 1.29 is 4.74 Å². The summed E-state index contributed by atoms with van der Waals surface area (Å²) in [6.45, 7) is 3.68. The van der Waals surface area contributed by atoms with Crippen LogP contribution in [0, 0.1) is 0 Å². The predicted molar refractivity (Wildman–Crippen MR) is 76.5 cm³/mol. The van der Waals surface area contributed by atoms with Gasteiger partial charge in [0, 0.05) is 30.9 Å². The molecule has 2 rings (SSSR count). The van der Waals surface area contributed by atoms with E-state index in [9.17, 15) is 0 Å². The van der Waals surface area contributed by atoms with E-state index in [-0.39, 0.29) is 0 Å². The summed E-state index contributed by atoms with van der Waals surface area (Å²) in [6, 6.07) is 7.87. The second kappa shape index (κ2) is 7.36. The number of ether oxygens (including phenoxy) is 1. The van der Waals surface area contributed by atoms with Crippen molar-refractivity contribution in [1.82, 2.24) is 9.97 Å². The molecule has 0 saturated heterocycles. The molecule has 0 aliphatic rings. The lowest BCUT2D eigenvalue weighted by Gasteiger charge is -2.08. The Morgan fingerprint density at radius 3 is 3.00 bits per heavy atom. The third-order valence-corrected chi connectivity index (χ3v) is 2.65. The monoisotopic (exact) mass is 257 g/mol. The largest absolute Gasteiger partial charge is 0.491 e. The van der Waals surface area contributed by atoms with Gasteiger partial charge in [-0.1, -0.05) is 13.0 Å². The van der Waals surface area contributed by atoms with E-state index in [1.807, 2.05) is 24.3 Å². The van der Waals surface area contributed by atoms with E-state index < -0.39 is 0 Å². The van der Waals surface area contributed by atoms with Gasteiger partial charge in [-0.05, 0) is 18.6 Å². The fourth-order valence-electron chi connectivity index (χ4n) is 1.68. The molecule has 0 aliphatic heterocycles. The number of hydrogen-bond donors (Lipinski definition) is 1. The quantitative estimate of drug-likeness (QED) is 0.828. The molecule has 0 bridgehead atoms. The zero-order valence-corrected chi connectivity index (χ0v) is 11.2. The number of anilines is 1. The topological polar surface area (TPSA) is 47.0 Å². The molecule has 1 N–H and O–H groups in total. The van der Waals surface area contributed by atoms with E-state index in [0.717, 1.165) is 36.5 Å². The zero-order chi connectivity index (χ0) is 13.3. The van der Waals surface area contributed by atoms with Crippen molar-refractivity contribution in [3.63, 3.8) is 0 Å². The summed E-state index contributed by atoms with van der Waals surface area (Å²) in [7, 11) is 0. The number of rotatable bonds is 7. The first-order chi connectivity index (χ1) is 9.38.